The van der Waals surface area contributed by atoms with Gasteiger partial charge < -0.3 is 5.73 Å². The first kappa shape index (κ1) is 8.41. The number of aryl methyl sites for hydroxylation is 1. The number of hydrogen-bond acceptors (Lipinski definition) is 3. The fraction of sp³-hybridized carbons (Fsp3) is 0.167. The Morgan fingerprint density at radius 2 is 2.20 bits per heavy atom. The van der Waals surface area contributed by atoms with Crippen molar-refractivity contribution in [3.8, 4) is 0 Å². The van der Waals surface area contributed by atoms with Gasteiger partial charge in [0.15, 0.2) is 0 Å². The lowest BCUT2D eigenvalue weighted by Crippen LogP contribution is -1.97. The maximum Gasteiger partial charge on any atom is 0.0920 e. The summed E-state index contributed by atoms with van der Waals surface area (Å²) < 4.78 is 0. The molecule has 3 nitrogen and oxygen atoms in total. The molecule has 3 rings (SSSR count). The van der Waals surface area contributed by atoms with E-state index in [4.69, 9.17) is 5.73 Å². The van der Waals surface area contributed by atoms with Crippen molar-refractivity contribution in [2.45, 2.75) is 12.8 Å². The molecule has 0 amide bonds. The molecule has 0 aliphatic carbocycles. The number of hydrogen-bond donors (Lipinski definition) is 1. The minimum absolute atomic E-state index is 0.775. The molecule has 3 heteroatoms. The summed E-state index contributed by atoms with van der Waals surface area (Å²) in [6.07, 6.45) is 5.80. The zero-order chi connectivity index (χ0) is 10.3. The van der Waals surface area contributed by atoms with Gasteiger partial charge in [-0.1, -0.05) is 6.07 Å². The summed E-state index contributed by atoms with van der Waals surface area (Å²) in [5.74, 6) is 0. The van der Waals surface area contributed by atoms with E-state index < -0.39 is 0 Å². The smallest absolute Gasteiger partial charge is 0.0920 e. The number of nitrogen functional groups attached to an aromatic ring is 1. The Kier molecular flexibility index (Phi) is 1.71. The number of anilines is 1. The second-order valence-corrected chi connectivity index (χ2v) is 3.75. The summed E-state index contributed by atoms with van der Waals surface area (Å²) in [5.41, 5.74) is 8.63. The van der Waals surface area contributed by atoms with Crippen LogP contribution in [0.4, 0.5) is 11.4 Å². The Morgan fingerprint density at radius 1 is 1.27 bits per heavy atom. The van der Waals surface area contributed by atoms with Crippen LogP contribution in [0.1, 0.15) is 12.1 Å². The van der Waals surface area contributed by atoms with Crippen molar-refractivity contribution in [2.24, 2.45) is 4.99 Å². The number of aliphatic imine (C=N–C) groups is 1. The number of benzene rings is 1. The minimum Gasteiger partial charge on any atom is -0.399 e. The molecule has 0 spiro atoms. The van der Waals surface area contributed by atoms with Crippen LogP contribution < -0.4 is 5.73 Å². The Morgan fingerprint density at radius 3 is 3.13 bits per heavy atom. The SMILES string of the molecule is Nc1ccc2cnc3c(c2c1)N=CCC3. The van der Waals surface area contributed by atoms with Crippen molar-refractivity contribution < 1.29 is 0 Å². The van der Waals surface area contributed by atoms with Crippen LogP contribution in [0.3, 0.4) is 0 Å². The van der Waals surface area contributed by atoms with Gasteiger partial charge in [-0.2, -0.15) is 0 Å². The van der Waals surface area contributed by atoms with Crippen molar-refractivity contribution in [3.05, 3.63) is 30.1 Å². The van der Waals surface area contributed by atoms with Gasteiger partial charge in [0.1, 0.15) is 0 Å². The van der Waals surface area contributed by atoms with Crippen molar-refractivity contribution >= 4 is 28.4 Å². The van der Waals surface area contributed by atoms with Crippen LogP contribution >= 0.6 is 0 Å². The van der Waals surface area contributed by atoms with Crippen LogP contribution in [-0.2, 0) is 6.42 Å². The molecule has 1 aliphatic heterocycles. The first-order valence-electron chi connectivity index (χ1n) is 5.04. The number of aromatic nitrogens is 1. The van der Waals surface area contributed by atoms with Gasteiger partial charge in [0.25, 0.3) is 0 Å². The molecule has 0 fully saturated rings. The van der Waals surface area contributed by atoms with E-state index in [-0.39, 0.29) is 0 Å². The number of pyridine rings is 1. The molecular formula is C12H11N3. The second-order valence-electron chi connectivity index (χ2n) is 3.75. The largest absolute Gasteiger partial charge is 0.399 e. The van der Waals surface area contributed by atoms with Crippen LogP contribution in [0.5, 0.6) is 0 Å². The van der Waals surface area contributed by atoms with Crippen LogP contribution in [0.15, 0.2) is 29.4 Å². The summed E-state index contributed by atoms with van der Waals surface area (Å²) in [4.78, 5) is 8.84. The third kappa shape index (κ3) is 1.28. The summed E-state index contributed by atoms with van der Waals surface area (Å²) in [6, 6.07) is 5.85. The molecule has 0 atom stereocenters. The summed E-state index contributed by atoms with van der Waals surface area (Å²) in [6.45, 7) is 0. The van der Waals surface area contributed by atoms with Gasteiger partial charge in [0.2, 0.25) is 0 Å². The van der Waals surface area contributed by atoms with Crippen molar-refractivity contribution in [3.63, 3.8) is 0 Å². The van der Waals surface area contributed by atoms with Crippen LogP contribution in [0.25, 0.3) is 10.8 Å². The van der Waals surface area contributed by atoms with Gasteiger partial charge in [-0.05, 0) is 25.0 Å². The predicted octanol–water partition coefficient (Wildman–Crippen LogP) is 2.47. The van der Waals surface area contributed by atoms with E-state index >= 15 is 0 Å². The Labute approximate surface area is 87.7 Å². The van der Waals surface area contributed by atoms with E-state index in [9.17, 15) is 0 Å². The fourth-order valence-corrected chi connectivity index (χ4v) is 1.94. The molecule has 0 saturated heterocycles. The lowest BCUT2D eigenvalue weighted by molar-refractivity contribution is 0.967. The monoisotopic (exact) mass is 197 g/mol. The third-order valence-electron chi connectivity index (χ3n) is 2.70. The molecule has 0 saturated carbocycles. The highest BCUT2D eigenvalue weighted by molar-refractivity contribution is 5.96. The number of nitrogens with two attached hydrogens (primary N) is 1. The van der Waals surface area contributed by atoms with Crippen molar-refractivity contribution in [1.82, 2.24) is 4.98 Å². The predicted molar refractivity (Wildman–Crippen MR) is 62.6 cm³/mol. The summed E-state index contributed by atoms with van der Waals surface area (Å²) >= 11 is 0. The lowest BCUT2D eigenvalue weighted by Gasteiger charge is -2.11. The molecular weight excluding hydrogens is 186 g/mol. The average molecular weight is 197 g/mol. The Hall–Kier alpha value is -1.90. The van der Waals surface area contributed by atoms with E-state index in [1.165, 1.54) is 0 Å². The molecule has 1 aliphatic rings. The first-order valence-corrected chi connectivity index (χ1v) is 5.04. The van der Waals surface area contributed by atoms with Crippen molar-refractivity contribution in [1.29, 1.82) is 0 Å². The zero-order valence-electron chi connectivity index (χ0n) is 8.27. The van der Waals surface area contributed by atoms with Gasteiger partial charge in [-0.15, -0.1) is 0 Å². The van der Waals surface area contributed by atoms with E-state index in [0.717, 1.165) is 40.7 Å². The maximum atomic E-state index is 5.78. The molecule has 1 aromatic carbocycles. The summed E-state index contributed by atoms with van der Waals surface area (Å²) in [7, 11) is 0. The van der Waals surface area contributed by atoms with Crippen molar-refractivity contribution in [2.75, 3.05) is 5.73 Å². The number of nitrogens with zero attached hydrogens (tertiary/aromatic N) is 2. The molecule has 2 heterocycles. The molecule has 2 aromatic rings. The van der Waals surface area contributed by atoms with Crippen LogP contribution in [-0.4, -0.2) is 11.2 Å². The van der Waals surface area contributed by atoms with E-state index in [1.807, 2.05) is 30.6 Å². The number of rotatable bonds is 0. The highest BCUT2D eigenvalue weighted by Crippen LogP contribution is 2.32. The minimum atomic E-state index is 0.775. The molecule has 0 bridgehead atoms. The highest BCUT2D eigenvalue weighted by atomic mass is 14.8. The van der Waals surface area contributed by atoms with E-state index in [2.05, 4.69) is 9.98 Å². The molecule has 0 unspecified atom stereocenters. The molecule has 74 valence electrons. The van der Waals surface area contributed by atoms with Gasteiger partial charge in [0, 0.05) is 28.9 Å². The van der Waals surface area contributed by atoms with Crippen LogP contribution in [0, 0.1) is 0 Å². The standard InChI is InChI=1S/C12H11N3/c13-9-4-3-8-7-15-11-2-1-5-14-12(11)10(8)6-9/h3-7H,1-2,13H2. The quantitative estimate of drug-likeness (QED) is 0.659. The lowest BCUT2D eigenvalue weighted by atomic mass is 10.0. The van der Waals surface area contributed by atoms with Crippen LogP contribution in [0.2, 0.25) is 0 Å². The maximum absolute atomic E-state index is 5.78. The molecule has 2 N–H and O–H groups in total. The highest BCUT2D eigenvalue weighted by Gasteiger charge is 2.10. The molecule has 1 aromatic heterocycles. The van der Waals surface area contributed by atoms with Gasteiger partial charge in [-0.3, -0.25) is 9.98 Å². The number of fused-ring (bicyclic) bond motifs is 3. The topological polar surface area (TPSA) is 51.3 Å². The molecule has 15 heavy (non-hydrogen) atoms. The van der Waals surface area contributed by atoms with E-state index in [1.54, 1.807) is 0 Å². The van der Waals surface area contributed by atoms with Gasteiger partial charge >= 0.3 is 0 Å². The first-order chi connectivity index (χ1) is 7.34. The van der Waals surface area contributed by atoms with E-state index in [0.29, 0.717) is 0 Å². The van der Waals surface area contributed by atoms with Gasteiger partial charge in [0.05, 0.1) is 11.4 Å². The third-order valence-corrected chi connectivity index (χ3v) is 2.70. The zero-order valence-corrected chi connectivity index (χ0v) is 8.27. The molecule has 0 radical (unpaired) electrons. The van der Waals surface area contributed by atoms with Gasteiger partial charge in [-0.25, -0.2) is 0 Å². The normalized spacial score (nSPS) is 14.1. The summed E-state index contributed by atoms with van der Waals surface area (Å²) in [5, 5.41) is 2.21. The second kappa shape index (κ2) is 3.05. The Bertz CT molecular complexity index is 558. The fourth-order valence-electron chi connectivity index (χ4n) is 1.94. The average Bonchev–Trinajstić information content (AvgIpc) is 2.29. The Balaban J connectivity index is 2.41.